The van der Waals surface area contributed by atoms with E-state index in [1.165, 1.54) is 18.5 Å². The van der Waals surface area contributed by atoms with Crippen LogP contribution in [-0.2, 0) is 4.74 Å². The molecule has 4 heteroatoms. The Morgan fingerprint density at radius 1 is 1.42 bits per heavy atom. The quantitative estimate of drug-likeness (QED) is 0.920. The van der Waals surface area contributed by atoms with Crippen molar-refractivity contribution in [3.8, 4) is 0 Å². The minimum Gasteiger partial charge on any atom is -0.389 e. The van der Waals surface area contributed by atoms with Crippen molar-refractivity contribution in [2.75, 3.05) is 31.7 Å². The molecule has 1 aliphatic heterocycles. The van der Waals surface area contributed by atoms with E-state index in [0.717, 1.165) is 29.7 Å². The fourth-order valence-electron chi connectivity index (χ4n) is 2.62. The van der Waals surface area contributed by atoms with E-state index in [-0.39, 0.29) is 0 Å². The summed E-state index contributed by atoms with van der Waals surface area (Å²) < 4.78 is 6.30. The average molecular weight is 328 g/mol. The van der Waals surface area contributed by atoms with Crippen LogP contribution in [0.5, 0.6) is 0 Å². The standard InChI is InChI=1S/C15H22BrNO2/c1-11(18)13-3-4-15(14(16)9-13)17-7-5-12(6-8-17)10-19-2/h3-4,9,11-12,18H,5-8,10H2,1-2H3. The van der Waals surface area contributed by atoms with Crippen LogP contribution in [0.4, 0.5) is 5.69 Å². The zero-order chi connectivity index (χ0) is 13.8. The molecule has 3 nitrogen and oxygen atoms in total. The van der Waals surface area contributed by atoms with Crippen LogP contribution in [0.3, 0.4) is 0 Å². The van der Waals surface area contributed by atoms with Gasteiger partial charge in [0.2, 0.25) is 0 Å². The van der Waals surface area contributed by atoms with Gasteiger partial charge in [0.05, 0.1) is 11.8 Å². The largest absolute Gasteiger partial charge is 0.389 e. The molecular formula is C15H22BrNO2. The molecule has 1 N–H and O–H groups in total. The summed E-state index contributed by atoms with van der Waals surface area (Å²) in [7, 11) is 1.78. The summed E-state index contributed by atoms with van der Waals surface area (Å²) in [5.41, 5.74) is 2.17. The molecule has 0 spiro atoms. The first-order valence-electron chi connectivity index (χ1n) is 6.83. The Morgan fingerprint density at radius 3 is 2.63 bits per heavy atom. The first-order valence-corrected chi connectivity index (χ1v) is 7.62. The lowest BCUT2D eigenvalue weighted by Gasteiger charge is -2.34. The number of nitrogens with zero attached hydrogens (tertiary/aromatic N) is 1. The Bertz CT molecular complexity index is 415. The Morgan fingerprint density at radius 2 is 2.11 bits per heavy atom. The third kappa shape index (κ3) is 3.71. The number of piperidine rings is 1. The van der Waals surface area contributed by atoms with Gasteiger partial charge < -0.3 is 14.7 Å². The van der Waals surface area contributed by atoms with E-state index < -0.39 is 6.10 Å². The van der Waals surface area contributed by atoms with E-state index in [2.05, 4.69) is 26.9 Å². The van der Waals surface area contributed by atoms with Crippen LogP contribution in [0.25, 0.3) is 0 Å². The predicted octanol–water partition coefficient (Wildman–Crippen LogP) is 3.37. The molecule has 0 amide bonds. The molecule has 2 rings (SSSR count). The van der Waals surface area contributed by atoms with Crippen molar-refractivity contribution in [1.29, 1.82) is 0 Å². The van der Waals surface area contributed by atoms with Gasteiger partial charge in [0, 0.05) is 31.3 Å². The van der Waals surface area contributed by atoms with Gasteiger partial charge in [-0.05, 0) is 59.3 Å². The van der Waals surface area contributed by atoms with Crippen molar-refractivity contribution in [2.45, 2.75) is 25.9 Å². The summed E-state index contributed by atoms with van der Waals surface area (Å²) in [6.45, 7) is 4.80. The molecule has 1 aromatic rings. The van der Waals surface area contributed by atoms with Crippen molar-refractivity contribution >= 4 is 21.6 Å². The van der Waals surface area contributed by atoms with Crippen molar-refractivity contribution in [2.24, 2.45) is 5.92 Å². The van der Waals surface area contributed by atoms with E-state index in [4.69, 9.17) is 4.74 Å². The van der Waals surface area contributed by atoms with Gasteiger partial charge >= 0.3 is 0 Å². The molecule has 1 atom stereocenters. The average Bonchev–Trinajstić information content (AvgIpc) is 2.40. The summed E-state index contributed by atoms with van der Waals surface area (Å²) >= 11 is 3.62. The van der Waals surface area contributed by atoms with Gasteiger partial charge in [-0.3, -0.25) is 0 Å². The third-order valence-electron chi connectivity index (χ3n) is 3.81. The highest BCUT2D eigenvalue weighted by molar-refractivity contribution is 9.10. The maximum Gasteiger partial charge on any atom is 0.0762 e. The highest BCUT2D eigenvalue weighted by Crippen LogP contribution is 2.32. The number of aliphatic hydroxyl groups excluding tert-OH is 1. The van der Waals surface area contributed by atoms with Crippen molar-refractivity contribution in [3.05, 3.63) is 28.2 Å². The SMILES string of the molecule is COCC1CCN(c2ccc(C(C)O)cc2Br)CC1. The molecule has 0 radical (unpaired) electrons. The highest BCUT2D eigenvalue weighted by atomic mass is 79.9. The number of rotatable bonds is 4. The first kappa shape index (κ1) is 14.8. The van der Waals surface area contributed by atoms with Gasteiger partial charge in [-0.2, -0.15) is 0 Å². The topological polar surface area (TPSA) is 32.7 Å². The molecule has 0 aliphatic carbocycles. The smallest absolute Gasteiger partial charge is 0.0762 e. The van der Waals surface area contributed by atoms with Crippen LogP contribution in [0, 0.1) is 5.92 Å². The van der Waals surface area contributed by atoms with Crippen molar-refractivity contribution < 1.29 is 9.84 Å². The van der Waals surface area contributed by atoms with Gasteiger partial charge in [0.25, 0.3) is 0 Å². The zero-order valence-corrected chi connectivity index (χ0v) is 13.2. The van der Waals surface area contributed by atoms with E-state index >= 15 is 0 Å². The Labute approximate surface area is 123 Å². The van der Waals surface area contributed by atoms with E-state index in [0.29, 0.717) is 5.92 Å². The summed E-state index contributed by atoms with van der Waals surface area (Å²) in [4.78, 5) is 2.40. The molecule has 1 unspecified atom stereocenters. The van der Waals surface area contributed by atoms with E-state index in [9.17, 15) is 5.11 Å². The number of aliphatic hydroxyl groups is 1. The van der Waals surface area contributed by atoms with Crippen LogP contribution in [0.2, 0.25) is 0 Å². The van der Waals surface area contributed by atoms with Crippen molar-refractivity contribution in [3.63, 3.8) is 0 Å². The molecule has 1 fully saturated rings. The number of benzene rings is 1. The predicted molar refractivity (Wildman–Crippen MR) is 81.6 cm³/mol. The number of hydrogen-bond donors (Lipinski definition) is 1. The Kier molecular flexibility index (Phi) is 5.25. The summed E-state index contributed by atoms with van der Waals surface area (Å²) in [5.74, 6) is 0.691. The molecule has 1 heterocycles. The van der Waals surface area contributed by atoms with Crippen LogP contribution < -0.4 is 4.90 Å². The first-order chi connectivity index (χ1) is 9.11. The van der Waals surface area contributed by atoms with E-state index in [1.54, 1.807) is 14.0 Å². The third-order valence-corrected chi connectivity index (χ3v) is 4.45. The maximum absolute atomic E-state index is 9.59. The number of methoxy groups -OCH3 is 1. The highest BCUT2D eigenvalue weighted by Gasteiger charge is 2.20. The molecule has 0 aromatic heterocycles. The number of hydrogen-bond acceptors (Lipinski definition) is 3. The van der Waals surface area contributed by atoms with Crippen LogP contribution in [0.15, 0.2) is 22.7 Å². The summed E-state index contributed by atoms with van der Waals surface area (Å²) in [6.07, 6.45) is 1.94. The van der Waals surface area contributed by atoms with Gasteiger partial charge in [-0.15, -0.1) is 0 Å². The zero-order valence-electron chi connectivity index (χ0n) is 11.6. The van der Waals surface area contributed by atoms with Crippen molar-refractivity contribution in [1.82, 2.24) is 0 Å². The van der Waals surface area contributed by atoms with Gasteiger partial charge in [-0.25, -0.2) is 0 Å². The second-order valence-electron chi connectivity index (χ2n) is 5.27. The Hall–Kier alpha value is -0.580. The second-order valence-corrected chi connectivity index (χ2v) is 6.13. The fraction of sp³-hybridized carbons (Fsp3) is 0.600. The van der Waals surface area contributed by atoms with Gasteiger partial charge in [0.15, 0.2) is 0 Å². The molecule has 1 aliphatic rings. The van der Waals surface area contributed by atoms with E-state index in [1.807, 2.05) is 12.1 Å². The number of anilines is 1. The maximum atomic E-state index is 9.59. The second kappa shape index (κ2) is 6.73. The van der Waals surface area contributed by atoms with Crippen LogP contribution >= 0.6 is 15.9 Å². The van der Waals surface area contributed by atoms with Gasteiger partial charge in [0.1, 0.15) is 0 Å². The minimum absolute atomic E-state index is 0.419. The normalized spacial score (nSPS) is 18.6. The summed E-state index contributed by atoms with van der Waals surface area (Å²) in [6, 6.07) is 6.12. The summed E-state index contributed by atoms with van der Waals surface area (Å²) in [5, 5.41) is 9.59. The minimum atomic E-state index is -0.419. The molecule has 106 valence electrons. The Balaban J connectivity index is 2.03. The monoisotopic (exact) mass is 327 g/mol. The lowest BCUT2D eigenvalue weighted by atomic mass is 9.97. The van der Waals surface area contributed by atoms with Gasteiger partial charge in [-0.1, -0.05) is 6.07 Å². The van der Waals surface area contributed by atoms with Crippen LogP contribution in [0.1, 0.15) is 31.4 Å². The molecule has 0 bridgehead atoms. The van der Waals surface area contributed by atoms with Crippen LogP contribution in [-0.4, -0.2) is 31.9 Å². The molecule has 1 saturated heterocycles. The molecule has 0 saturated carbocycles. The number of halogens is 1. The fourth-order valence-corrected chi connectivity index (χ4v) is 3.26. The molecule has 1 aromatic carbocycles. The molecule has 19 heavy (non-hydrogen) atoms. The lowest BCUT2D eigenvalue weighted by molar-refractivity contribution is 0.139. The molecular weight excluding hydrogens is 306 g/mol. The number of ether oxygens (including phenoxy) is 1. The lowest BCUT2D eigenvalue weighted by Crippen LogP contribution is -2.35.